The summed E-state index contributed by atoms with van der Waals surface area (Å²) in [5.74, 6) is -0.375. The van der Waals surface area contributed by atoms with E-state index in [0.717, 1.165) is 5.69 Å². The standard InChI is InChI=1S/C20H18N4O3/c21-19(25)14-27-18-5-3-4-15(12-18)13-22-23-20(26)16-6-8-17(9-7-16)24-10-1-2-11-24/h1-13H,14H2,(H2,21,25)(H,23,26)/b22-13+. The second kappa shape index (κ2) is 8.48. The predicted molar refractivity (Wildman–Crippen MR) is 102 cm³/mol. The van der Waals surface area contributed by atoms with Crippen LogP contribution in [0.15, 0.2) is 78.2 Å². The fraction of sp³-hybridized carbons (Fsp3) is 0.0500. The van der Waals surface area contributed by atoms with Crippen LogP contribution in [0.4, 0.5) is 0 Å². The first-order chi connectivity index (χ1) is 13.1. The zero-order chi connectivity index (χ0) is 19.1. The molecule has 0 unspecified atom stereocenters. The van der Waals surface area contributed by atoms with Crippen molar-refractivity contribution in [2.45, 2.75) is 0 Å². The molecular weight excluding hydrogens is 344 g/mol. The second-order valence-electron chi connectivity index (χ2n) is 5.66. The minimum Gasteiger partial charge on any atom is -0.484 e. The highest BCUT2D eigenvalue weighted by Crippen LogP contribution is 2.12. The predicted octanol–water partition coefficient (Wildman–Crippen LogP) is 2.11. The van der Waals surface area contributed by atoms with Crippen molar-refractivity contribution in [3.63, 3.8) is 0 Å². The van der Waals surface area contributed by atoms with Crippen LogP contribution in [0, 0.1) is 0 Å². The van der Waals surface area contributed by atoms with Crippen LogP contribution in [0.3, 0.4) is 0 Å². The number of hydrazone groups is 1. The van der Waals surface area contributed by atoms with E-state index in [4.69, 9.17) is 10.5 Å². The maximum absolute atomic E-state index is 12.2. The molecule has 0 spiro atoms. The SMILES string of the molecule is NC(=O)COc1cccc(/C=N/NC(=O)c2ccc(-n3cccc3)cc2)c1. The maximum Gasteiger partial charge on any atom is 0.271 e. The number of aromatic nitrogens is 1. The van der Waals surface area contributed by atoms with Crippen molar-refractivity contribution in [3.05, 3.63) is 84.2 Å². The number of ether oxygens (including phenoxy) is 1. The Kier molecular flexibility index (Phi) is 5.64. The number of hydrogen-bond acceptors (Lipinski definition) is 4. The molecule has 1 heterocycles. The zero-order valence-corrected chi connectivity index (χ0v) is 14.4. The van der Waals surface area contributed by atoms with Crippen molar-refractivity contribution in [1.82, 2.24) is 9.99 Å². The number of primary amides is 1. The molecule has 0 aliphatic rings. The number of hydrogen-bond donors (Lipinski definition) is 2. The molecule has 0 aliphatic carbocycles. The van der Waals surface area contributed by atoms with Gasteiger partial charge in [0, 0.05) is 23.6 Å². The minimum atomic E-state index is -0.552. The topological polar surface area (TPSA) is 98.7 Å². The summed E-state index contributed by atoms with van der Waals surface area (Å²) in [4.78, 5) is 22.9. The third kappa shape index (κ3) is 5.05. The monoisotopic (exact) mass is 362 g/mol. The van der Waals surface area contributed by atoms with Gasteiger partial charge in [-0.25, -0.2) is 5.43 Å². The molecule has 2 amide bonds. The average molecular weight is 362 g/mol. The molecule has 0 aliphatic heterocycles. The summed E-state index contributed by atoms with van der Waals surface area (Å²) < 4.78 is 7.17. The summed E-state index contributed by atoms with van der Waals surface area (Å²) in [5, 5.41) is 3.95. The highest BCUT2D eigenvalue weighted by Gasteiger charge is 2.04. The van der Waals surface area contributed by atoms with Gasteiger partial charge in [-0.1, -0.05) is 12.1 Å². The van der Waals surface area contributed by atoms with E-state index >= 15 is 0 Å². The largest absolute Gasteiger partial charge is 0.484 e. The number of carbonyl (C=O) groups excluding carboxylic acids is 2. The van der Waals surface area contributed by atoms with Gasteiger partial charge in [0.25, 0.3) is 11.8 Å². The van der Waals surface area contributed by atoms with Crippen molar-refractivity contribution in [2.24, 2.45) is 10.8 Å². The Morgan fingerprint density at radius 2 is 1.81 bits per heavy atom. The first-order valence-corrected chi connectivity index (χ1v) is 8.20. The number of amides is 2. The number of benzene rings is 2. The molecule has 1 aromatic heterocycles. The van der Waals surface area contributed by atoms with E-state index in [1.54, 1.807) is 36.4 Å². The molecule has 136 valence electrons. The van der Waals surface area contributed by atoms with E-state index in [2.05, 4.69) is 10.5 Å². The van der Waals surface area contributed by atoms with Crippen LogP contribution in [0.2, 0.25) is 0 Å². The van der Waals surface area contributed by atoms with Crippen LogP contribution in [0.25, 0.3) is 5.69 Å². The Bertz CT molecular complexity index is 948. The van der Waals surface area contributed by atoms with Crippen molar-refractivity contribution in [2.75, 3.05) is 6.61 Å². The molecular formula is C20H18N4O3. The molecule has 7 nitrogen and oxygen atoms in total. The Morgan fingerprint density at radius 3 is 2.52 bits per heavy atom. The molecule has 0 saturated heterocycles. The second-order valence-corrected chi connectivity index (χ2v) is 5.66. The van der Waals surface area contributed by atoms with E-state index in [1.807, 2.05) is 41.2 Å². The summed E-state index contributed by atoms with van der Waals surface area (Å²) in [5.41, 5.74) is 9.70. The minimum absolute atomic E-state index is 0.198. The molecule has 0 radical (unpaired) electrons. The lowest BCUT2D eigenvalue weighted by Gasteiger charge is -2.05. The van der Waals surface area contributed by atoms with Gasteiger partial charge in [0.1, 0.15) is 5.75 Å². The Hall–Kier alpha value is -3.87. The molecule has 3 rings (SSSR count). The summed E-state index contributed by atoms with van der Waals surface area (Å²) >= 11 is 0. The van der Waals surface area contributed by atoms with Gasteiger partial charge in [0.15, 0.2) is 6.61 Å². The van der Waals surface area contributed by atoms with Gasteiger partial charge >= 0.3 is 0 Å². The van der Waals surface area contributed by atoms with Gasteiger partial charge in [-0.2, -0.15) is 5.10 Å². The summed E-state index contributed by atoms with van der Waals surface area (Å²) in [6.45, 7) is -0.198. The van der Waals surface area contributed by atoms with Crippen molar-refractivity contribution >= 4 is 18.0 Å². The third-order valence-corrected chi connectivity index (χ3v) is 3.65. The highest BCUT2D eigenvalue weighted by atomic mass is 16.5. The summed E-state index contributed by atoms with van der Waals surface area (Å²) in [7, 11) is 0. The van der Waals surface area contributed by atoms with Crippen molar-refractivity contribution < 1.29 is 14.3 Å². The molecule has 3 aromatic rings. The number of carbonyl (C=O) groups is 2. The van der Waals surface area contributed by atoms with Gasteiger partial charge in [0.2, 0.25) is 0 Å². The van der Waals surface area contributed by atoms with Gasteiger partial charge in [-0.05, 0) is 54.1 Å². The van der Waals surface area contributed by atoms with E-state index < -0.39 is 5.91 Å². The van der Waals surface area contributed by atoms with Crippen LogP contribution < -0.4 is 15.9 Å². The van der Waals surface area contributed by atoms with Crippen molar-refractivity contribution in [3.8, 4) is 11.4 Å². The van der Waals surface area contributed by atoms with Gasteiger partial charge in [-0.3, -0.25) is 9.59 Å². The van der Waals surface area contributed by atoms with Crippen LogP contribution in [-0.2, 0) is 4.79 Å². The number of nitrogens with zero attached hydrogens (tertiary/aromatic N) is 2. The fourth-order valence-electron chi connectivity index (χ4n) is 2.36. The molecule has 3 N–H and O–H groups in total. The molecule has 0 saturated carbocycles. The number of rotatable bonds is 7. The smallest absolute Gasteiger partial charge is 0.271 e. The lowest BCUT2D eigenvalue weighted by Crippen LogP contribution is -2.20. The summed E-state index contributed by atoms with van der Waals surface area (Å²) in [6.07, 6.45) is 5.35. The third-order valence-electron chi connectivity index (χ3n) is 3.65. The van der Waals surface area contributed by atoms with Gasteiger partial charge in [-0.15, -0.1) is 0 Å². The van der Waals surface area contributed by atoms with E-state index in [-0.39, 0.29) is 12.5 Å². The van der Waals surface area contributed by atoms with E-state index in [0.29, 0.717) is 16.9 Å². The maximum atomic E-state index is 12.2. The van der Waals surface area contributed by atoms with Crippen LogP contribution in [0.5, 0.6) is 5.75 Å². The van der Waals surface area contributed by atoms with Crippen LogP contribution in [-0.4, -0.2) is 29.2 Å². The normalized spacial score (nSPS) is 10.7. The van der Waals surface area contributed by atoms with E-state index in [1.165, 1.54) is 6.21 Å². The molecule has 0 bridgehead atoms. The highest BCUT2D eigenvalue weighted by molar-refractivity contribution is 5.95. The quantitative estimate of drug-likeness (QED) is 0.497. The lowest BCUT2D eigenvalue weighted by atomic mass is 10.2. The first-order valence-electron chi connectivity index (χ1n) is 8.20. The zero-order valence-electron chi connectivity index (χ0n) is 14.4. The molecule has 0 fully saturated rings. The van der Waals surface area contributed by atoms with Crippen LogP contribution in [0.1, 0.15) is 15.9 Å². The van der Waals surface area contributed by atoms with Crippen molar-refractivity contribution in [1.29, 1.82) is 0 Å². The Balaban J connectivity index is 1.58. The van der Waals surface area contributed by atoms with Gasteiger partial charge < -0.3 is 15.0 Å². The fourth-order valence-corrected chi connectivity index (χ4v) is 2.36. The Labute approximate surface area is 156 Å². The number of nitrogens with two attached hydrogens (primary N) is 1. The van der Waals surface area contributed by atoms with Crippen LogP contribution >= 0.6 is 0 Å². The number of nitrogens with one attached hydrogen (secondary N) is 1. The Morgan fingerprint density at radius 1 is 1.07 bits per heavy atom. The molecule has 27 heavy (non-hydrogen) atoms. The first kappa shape index (κ1) is 17.9. The lowest BCUT2D eigenvalue weighted by molar-refractivity contribution is -0.119. The molecule has 7 heteroatoms. The van der Waals surface area contributed by atoms with E-state index in [9.17, 15) is 9.59 Å². The molecule has 2 aromatic carbocycles. The average Bonchev–Trinajstić information content (AvgIpc) is 3.21. The van der Waals surface area contributed by atoms with Gasteiger partial charge in [0.05, 0.1) is 6.21 Å². The summed E-state index contributed by atoms with van der Waals surface area (Å²) in [6, 6.07) is 18.0. The molecule has 0 atom stereocenters.